The third-order valence-electron chi connectivity index (χ3n) is 3.82. The van der Waals surface area contributed by atoms with Gasteiger partial charge in [-0.1, -0.05) is 12.2 Å². The van der Waals surface area contributed by atoms with E-state index >= 15 is 0 Å². The van der Waals surface area contributed by atoms with Crippen molar-refractivity contribution in [1.82, 2.24) is 0 Å². The van der Waals surface area contributed by atoms with E-state index in [-0.39, 0.29) is 0 Å². The van der Waals surface area contributed by atoms with E-state index in [0.29, 0.717) is 5.68 Å². The molecule has 0 heterocycles. The zero-order valence-electron chi connectivity index (χ0n) is 9.04. The highest BCUT2D eigenvalue weighted by molar-refractivity contribution is 6.57. The number of hydrogen-bond acceptors (Lipinski definition) is 1. The van der Waals surface area contributed by atoms with Gasteiger partial charge in [0.1, 0.15) is 0 Å². The van der Waals surface area contributed by atoms with Crippen LogP contribution in [0.5, 0.6) is 0 Å². The Kier molecular flexibility index (Phi) is 3.10. The summed E-state index contributed by atoms with van der Waals surface area (Å²) in [7, 11) is 1.70. The molecule has 0 aliphatic heterocycles. The minimum atomic E-state index is 0.349. The lowest BCUT2D eigenvalue weighted by molar-refractivity contribution is -0.111. The van der Waals surface area contributed by atoms with Crippen molar-refractivity contribution in [3.05, 3.63) is 12.2 Å². The van der Waals surface area contributed by atoms with E-state index < -0.39 is 0 Å². The van der Waals surface area contributed by atoms with Gasteiger partial charge < -0.3 is 4.79 Å². The summed E-state index contributed by atoms with van der Waals surface area (Å²) in [4.78, 5) is 10.8. The zero-order valence-corrected chi connectivity index (χ0v) is 9.04. The van der Waals surface area contributed by atoms with Gasteiger partial charge in [-0.05, 0) is 56.3 Å². The lowest BCUT2D eigenvalue weighted by Crippen LogP contribution is -2.27. The first-order valence-corrected chi connectivity index (χ1v) is 5.93. The lowest BCUT2D eigenvalue weighted by atomic mass is 9.67. The van der Waals surface area contributed by atoms with E-state index in [1.165, 1.54) is 25.7 Å². The fraction of sp³-hybridized carbons (Fsp3) is 0.750. The highest BCUT2D eigenvalue weighted by atomic mass is 16.1. The number of carbonyl (C=O) groups excluding carboxylic acids is 1. The van der Waals surface area contributed by atoms with Crippen LogP contribution in [0.2, 0.25) is 0 Å². The van der Waals surface area contributed by atoms with Gasteiger partial charge >= 0.3 is 0 Å². The third-order valence-corrected chi connectivity index (χ3v) is 3.82. The molecular formula is C12H19BO. The van der Waals surface area contributed by atoms with Crippen molar-refractivity contribution in [3.63, 3.8) is 0 Å². The Balaban J connectivity index is 1.77. The first-order valence-electron chi connectivity index (χ1n) is 5.93. The van der Waals surface area contributed by atoms with E-state index in [0.717, 1.165) is 30.6 Å². The summed E-state index contributed by atoms with van der Waals surface area (Å²) in [6.45, 7) is 0. The number of fused-ring (bicyclic) bond motifs is 2. The summed E-state index contributed by atoms with van der Waals surface area (Å²) < 4.78 is 0. The first kappa shape index (κ1) is 10.0. The summed E-state index contributed by atoms with van der Waals surface area (Å²) in [6, 6.07) is 0. The van der Waals surface area contributed by atoms with Gasteiger partial charge in [-0.15, -0.1) is 0 Å². The van der Waals surface area contributed by atoms with Gasteiger partial charge in [0, 0.05) is 0 Å². The van der Waals surface area contributed by atoms with Crippen LogP contribution in [0.15, 0.2) is 12.2 Å². The van der Waals surface area contributed by atoms with Crippen molar-refractivity contribution in [2.45, 2.75) is 38.5 Å². The molecule has 0 aromatic carbocycles. The largest absolute Gasteiger partial charge is 0.312 e. The maximum Gasteiger partial charge on any atom is 0.187 e. The molecule has 0 aromatic rings. The molecule has 0 saturated heterocycles. The molecule has 0 aromatic heterocycles. The van der Waals surface area contributed by atoms with Gasteiger partial charge in [-0.3, -0.25) is 0 Å². The van der Waals surface area contributed by atoms with Gasteiger partial charge in [-0.25, -0.2) is 0 Å². The van der Waals surface area contributed by atoms with E-state index in [1.807, 2.05) is 0 Å². The van der Waals surface area contributed by atoms with Crippen molar-refractivity contribution in [2.24, 2.45) is 17.8 Å². The van der Waals surface area contributed by atoms with Crippen LogP contribution in [-0.2, 0) is 4.79 Å². The average Bonchev–Trinajstić information content (AvgIpc) is 2.19. The Morgan fingerprint density at radius 3 is 2.71 bits per heavy atom. The van der Waals surface area contributed by atoms with Crippen LogP contribution in [0.4, 0.5) is 0 Å². The third kappa shape index (κ3) is 2.28. The zero-order chi connectivity index (χ0) is 9.97. The van der Waals surface area contributed by atoms with Gasteiger partial charge in [-0.2, -0.15) is 0 Å². The Labute approximate surface area is 87.4 Å². The van der Waals surface area contributed by atoms with Crippen molar-refractivity contribution < 1.29 is 4.79 Å². The SMILES string of the molecule is BC(=O)CCCC1CC2C=CC1CC2. The fourth-order valence-corrected chi connectivity index (χ4v) is 3.00. The van der Waals surface area contributed by atoms with Crippen molar-refractivity contribution in [2.75, 3.05) is 0 Å². The maximum atomic E-state index is 10.8. The van der Waals surface area contributed by atoms with Gasteiger partial charge in [0.05, 0.1) is 5.68 Å². The number of hydrogen-bond donors (Lipinski definition) is 0. The molecular weight excluding hydrogens is 171 g/mol. The van der Waals surface area contributed by atoms with Crippen LogP contribution in [0.3, 0.4) is 0 Å². The van der Waals surface area contributed by atoms with Gasteiger partial charge in [0.2, 0.25) is 0 Å². The molecule has 2 heteroatoms. The standard InChI is InChI=1S/C12H19BO/c13-12(14)3-1-2-11-8-9-4-6-10(11)7-5-9/h4,6,9-11H,1-3,5,7-8,13H2. The first-order chi connectivity index (χ1) is 6.75. The number of allylic oxidation sites excluding steroid dienone is 2. The number of rotatable bonds is 4. The molecule has 1 fully saturated rings. The molecule has 3 atom stereocenters. The predicted molar refractivity (Wildman–Crippen MR) is 60.9 cm³/mol. The topological polar surface area (TPSA) is 17.1 Å². The Morgan fingerprint density at radius 1 is 1.36 bits per heavy atom. The predicted octanol–water partition coefficient (Wildman–Crippen LogP) is 1.92. The van der Waals surface area contributed by atoms with E-state index in [4.69, 9.17) is 0 Å². The highest BCUT2D eigenvalue weighted by Crippen LogP contribution is 2.42. The fourth-order valence-electron chi connectivity index (χ4n) is 3.00. The molecule has 2 bridgehead atoms. The minimum Gasteiger partial charge on any atom is -0.312 e. The summed E-state index contributed by atoms with van der Waals surface area (Å²) in [6.07, 6.45) is 12.2. The molecule has 14 heavy (non-hydrogen) atoms. The number of carbonyl (C=O) groups is 1. The monoisotopic (exact) mass is 190 g/mol. The lowest BCUT2D eigenvalue weighted by Gasteiger charge is -2.38. The molecule has 0 N–H and O–H groups in total. The second-order valence-corrected chi connectivity index (χ2v) is 4.98. The van der Waals surface area contributed by atoms with Gasteiger partial charge in [0.15, 0.2) is 7.85 Å². The normalized spacial score (nSPS) is 34.7. The molecule has 3 aliphatic carbocycles. The van der Waals surface area contributed by atoms with E-state index in [9.17, 15) is 4.79 Å². The molecule has 3 rings (SSSR count). The molecule has 0 radical (unpaired) electrons. The molecule has 76 valence electrons. The highest BCUT2D eigenvalue weighted by Gasteiger charge is 2.30. The van der Waals surface area contributed by atoms with Gasteiger partial charge in [0.25, 0.3) is 0 Å². The molecule has 3 unspecified atom stereocenters. The Morgan fingerprint density at radius 2 is 2.21 bits per heavy atom. The van der Waals surface area contributed by atoms with Crippen LogP contribution in [0.25, 0.3) is 0 Å². The quantitative estimate of drug-likeness (QED) is 0.489. The second-order valence-electron chi connectivity index (χ2n) is 4.98. The summed E-state index contributed by atoms with van der Waals surface area (Å²) in [5.41, 5.74) is 0.349. The smallest absolute Gasteiger partial charge is 0.187 e. The Hall–Kier alpha value is -0.525. The molecule has 1 nitrogen and oxygen atoms in total. The van der Waals surface area contributed by atoms with Crippen molar-refractivity contribution >= 4 is 13.5 Å². The summed E-state index contributed by atoms with van der Waals surface area (Å²) in [5.74, 6) is 2.59. The molecule has 0 spiro atoms. The maximum absolute atomic E-state index is 10.8. The van der Waals surface area contributed by atoms with Crippen molar-refractivity contribution in [1.29, 1.82) is 0 Å². The van der Waals surface area contributed by atoms with E-state index in [2.05, 4.69) is 12.2 Å². The van der Waals surface area contributed by atoms with Crippen LogP contribution < -0.4 is 0 Å². The van der Waals surface area contributed by atoms with Crippen LogP contribution >= 0.6 is 0 Å². The minimum absolute atomic E-state index is 0.349. The molecule has 3 aliphatic rings. The van der Waals surface area contributed by atoms with Crippen LogP contribution in [0, 0.1) is 17.8 Å². The second kappa shape index (κ2) is 4.33. The summed E-state index contributed by atoms with van der Waals surface area (Å²) >= 11 is 0. The average molecular weight is 190 g/mol. The van der Waals surface area contributed by atoms with Crippen molar-refractivity contribution in [3.8, 4) is 0 Å². The van der Waals surface area contributed by atoms with Crippen LogP contribution in [-0.4, -0.2) is 13.5 Å². The Bertz CT molecular complexity index is 247. The summed E-state index contributed by atoms with van der Waals surface area (Å²) in [5, 5.41) is 0. The van der Waals surface area contributed by atoms with E-state index in [1.54, 1.807) is 7.85 Å². The van der Waals surface area contributed by atoms with Crippen LogP contribution in [0.1, 0.15) is 38.5 Å². The molecule has 1 saturated carbocycles. The molecule has 0 amide bonds.